The number of carbonyl (C=O) groups excluding carboxylic acids is 1. The first-order valence-corrected chi connectivity index (χ1v) is 7.32. The molecule has 1 fully saturated rings. The van der Waals surface area contributed by atoms with E-state index in [9.17, 15) is 4.79 Å². The number of rotatable bonds is 5. The molecule has 1 aliphatic rings. The van der Waals surface area contributed by atoms with Gasteiger partial charge in [-0.3, -0.25) is 0 Å². The maximum Gasteiger partial charge on any atom is 0.318 e. The van der Waals surface area contributed by atoms with Crippen molar-refractivity contribution in [2.45, 2.75) is 32.4 Å². The van der Waals surface area contributed by atoms with Gasteiger partial charge < -0.3 is 24.1 Å². The van der Waals surface area contributed by atoms with Crippen molar-refractivity contribution in [3.63, 3.8) is 0 Å². The number of ether oxygens (including phenoxy) is 2. The number of hydrogen-bond acceptors (Lipinski definition) is 4. The zero-order valence-corrected chi connectivity index (χ0v) is 12.9. The van der Waals surface area contributed by atoms with Gasteiger partial charge in [-0.2, -0.15) is 0 Å². The lowest BCUT2D eigenvalue weighted by Crippen LogP contribution is -2.50. The molecule has 118 valence electrons. The van der Waals surface area contributed by atoms with E-state index in [1.54, 1.807) is 12.0 Å². The number of amides is 2. The molecule has 1 aromatic rings. The second-order valence-electron chi connectivity index (χ2n) is 5.36. The summed E-state index contributed by atoms with van der Waals surface area (Å²) in [5.41, 5.74) is 0. The van der Waals surface area contributed by atoms with Crippen molar-refractivity contribution in [1.29, 1.82) is 0 Å². The summed E-state index contributed by atoms with van der Waals surface area (Å²) in [7, 11) is 1.66. The highest BCUT2D eigenvalue weighted by Crippen LogP contribution is 2.25. The molecule has 0 bridgehead atoms. The lowest BCUT2D eigenvalue weighted by atomic mass is 10.2. The number of carbonyl (C=O) groups is 1. The Morgan fingerprint density at radius 3 is 3.05 bits per heavy atom. The zero-order chi connectivity index (χ0) is 15.2. The van der Waals surface area contributed by atoms with E-state index in [1.807, 2.05) is 26.0 Å². The number of aryl methyl sites for hydroxylation is 1. The molecule has 0 spiro atoms. The summed E-state index contributed by atoms with van der Waals surface area (Å²) in [6, 6.07) is 3.63. The van der Waals surface area contributed by atoms with Gasteiger partial charge in [0.25, 0.3) is 0 Å². The van der Waals surface area contributed by atoms with Crippen molar-refractivity contribution in [3.05, 3.63) is 23.7 Å². The molecule has 2 rings (SSSR count). The smallest absolute Gasteiger partial charge is 0.318 e. The summed E-state index contributed by atoms with van der Waals surface area (Å²) >= 11 is 0. The van der Waals surface area contributed by atoms with Crippen molar-refractivity contribution in [3.8, 4) is 0 Å². The van der Waals surface area contributed by atoms with Gasteiger partial charge in [0.15, 0.2) is 0 Å². The molecule has 2 atom stereocenters. The molecule has 0 aliphatic carbocycles. The van der Waals surface area contributed by atoms with Crippen molar-refractivity contribution in [1.82, 2.24) is 10.2 Å². The molecule has 1 N–H and O–H groups in total. The molecule has 2 unspecified atom stereocenters. The Kier molecular flexibility index (Phi) is 5.64. The van der Waals surface area contributed by atoms with Crippen molar-refractivity contribution >= 4 is 6.03 Å². The third-order valence-electron chi connectivity index (χ3n) is 3.60. The highest BCUT2D eigenvalue weighted by atomic mass is 16.5. The van der Waals surface area contributed by atoms with Gasteiger partial charge >= 0.3 is 6.03 Å². The maximum absolute atomic E-state index is 12.4. The molecule has 1 aromatic heterocycles. The van der Waals surface area contributed by atoms with E-state index in [0.29, 0.717) is 26.4 Å². The van der Waals surface area contributed by atoms with E-state index < -0.39 is 0 Å². The van der Waals surface area contributed by atoms with Crippen LogP contribution in [0.25, 0.3) is 0 Å². The predicted molar refractivity (Wildman–Crippen MR) is 78.2 cm³/mol. The van der Waals surface area contributed by atoms with Gasteiger partial charge in [-0.15, -0.1) is 0 Å². The Morgan fingerprint density at radius 2 is 2.38 bits per heavy atom. The van der Waals surface area contributed by atoms with Crippen LogP contribution >= 0.6 is 0 Å². The Labute approximate surface area is 125 Å². The number of hydrogen-bond donors (Lipinski definition) is 1. The number of furan rings is 1. The highest BCUT2D eigenvalue weighted by Gasteiger charge is 2.31. The third kappa shape index (κ3) is 4.22. The molecule has 2 amide bonds. The van der Waals surface area contributed by atoms with E-state index >= 15 is 0 Å². The Morgan fingerprint density at radius 1 is 1.57 bits per heavy atom. The van der Waals surface area contributed by atoms with Crippen LogP contribution in [0, 0.1) is 6.92 Å². The van der Waals surface area contributed by atoms with E-state index in [1.165, 1.54) is 0 Å². The molecule has 1 saturated heterocycles. The second kappa shape index (κ2) is 7.47. The normalized spacial score (nSPS) is 20.3. The average Bonchev–Trinajstić information content (AvgIpc) is 2.91. The summed E-state index contributed by atoms with van der Waals surface area (Å²) in [5.74, 6) is 1.61. The van der Waals surface area contributed by atoms with Gasteiger partial charge in [0.1, 0.15) is 17.6 Å². The lowest BCUT2D eigenvalue weighted by Gasteiger charge is -2.35. The SMILES string of the molecule is COCCC(C)NC(=O)N1CCOCC1c1ccc(C)o1. The fraction of sp³-hybridized carbons (Fsp3) is 0.667. The third-order valence-corrected chi connectivity index (χ3v) is 3.60. The standard InChI is InChI=1S/C15H24N2O4/c1-11(6-8-19-3)16-15(18)17-7-9-20-10-13(17)14-5-4-12(2)21-14/h4-5,11,13H,6-10H2,1-3H3,(H,16,18). The first kappa shape index (κ1) is 15.9. The Bertz CT molecular complexity index is 460. The van der Waals surface area contributed by atoms with Gasteiger partial charge in [0, 0.05) is 26.3 Å². The van der Waals surface area contributed by atoms with E-state index in [0.717, 1.165) is 17.9 Å². The molecule has 0 aromatic carbocycles. The van der Waals surface area contributed by atoms with E-state index in [4.69, 9.17) is 13.9 Å². The molecule has 2 heterocycles. The Hall–Kier alpha value is -1.53. The van der Waals surface area contributed by atoms with Crippen LogP contribution in [0.2, 0.25) is 0 Å². The number of methoxy groups -OCH3 is 1. The average molecular weight is 296 g/mol. The number of urea groups is 1. The van der Waals surface area contributed by atoms with Gasteiger partial charge in [-0.1, -0.05) is 0 Å². The van der Waals surface area contributed by atoms with Crippen LogP contribution in [0.4, 0.5) is 4.79 Å². The second-order valence-corrected chi connectivity index (χ2v) is 5.36. The van der Waals surface area contributed by atoms with Crippen LogP contribution in [0.3, 0.4) is 0 Å². The fourth-order valence-corrected chi connectivity index (χ4v) is 2.38. The van der Waals surface area contributed by atoms with Crippen molar-refractivity contribution < 1.29 is 18.7 Å². The minimum atomic E-state index is -0.165. The summed E-state index contributed by atoms with van der Waals surface area (Å²) in [5, 5.41) is 3.00. The van der Waals surface area contributed by atoms with E-state index in [2.05, 4.69) is 5.32 Å². The first-order valence-electron chi connectivity index (χ1n) is 7.32. The summed E-state index contributed by atoms with van der Waals surface area (Å²) in [6.45, 7) is 6.08. The summed E-state index contributed by atoms with van der Waals surface area (Å²) in [6.07, 6.45) is 0.789. The van der Waals surface area contributed by atoms with Crippen LogP contribution in [-0.4, -0.2) is 50.4 Å². The maximum atomic E-state index is 12.4. The molecular formula is C15H24N2O4. The van der Waals surface area contributed by atoms with Crippen LogP contribution in [0.5, 0.6) is 0 Å². The number of morpholine rings is 1. The molecule has 0 radical (unpaired) electrons. The molecule has 6 nitrogen and oxygen atoms in total. The molecule has 21 heavy (non-hydrogen) atoms. The quantitative estimate of drug-likeness (QED) is 0.903. The van der Waals surface area contributed by atoms with Crippen LogP contribution in [-0.2, 0) is 9.47 Å². The van der Waals surface area contributed by atoms with Crippen molar-refractivity contribution in [2.75, 3.05) is 33.5 Å². The minimum absolute atomic E-state index is 0.0688. The predicted octanol–water partition coefficient (Wildman–Crippen LogP) is 2.10. The van der Waals surface area contributed by atoms with Crippen LogP contribution in [0.1, 0.15) is 30.9 Å². The Balaban J connectivity index is 1.99. The molecule has 0 saturated carbocycles. The lowest BCUT2D eigenvalue weighted by molar-refractivity contribution is 0.00341. The fourth-order valence-electron chi connectivity index (χ4n) is 2.38. The molecule has 6 heteroatoms. The van der Waals surface area contributed by atoms with Gasteiger partial charge in [-0.25, -0.2) is 4.79 Å². The minimum Gasteiger partial charge on any atom is -0.464 e. The van der Waals surface area contributed by atoms with Gasteiger partial charge in [-0.05, 0) is 32.4 Å². The topological polar surface area (TPSA) is 63.9 Å². The molecular weight excluding hydrogens is 272 g/mol. The highest BCUT2D eigenvalue weighted by molar-refractivity contribution is 5.75. The van der Waals surface area contributed by atoms with Gasteiger partial charge in [0.05, 0.1) is 13.2 Å². The first-order chi connectivity index (χ1) is 10.1. The number of nitrogens with zero attached hydrogens (tertiary/aromatic N) is 1. The monoisotopic (exact) mass is 296 g/mol. The largest absolute Gasteiger partial charge is 0.464 e. The summed E-state index contributed by atoms with van der Waals surface area (Å²) < 4.78 is 16.2. The molecule has 1 aliphatic heterocycles. The van der Waals surface area contributed by atoms with Crippen LogP contribution < -0.4 is 5.32 Å². The van der Waals surface area contributed by atoms with E-state index in [-0.39, 0.29) is 18.1 Å². The van der Waals surface area contributed by atoms with Crippen molar-refractivity contribution in [2.24, 2.45) is 0 Å². The van der Waals surface area contributed by atoms with Gasteiger partial charge in [0.2, 0.25) is 0 Å². The van der Waals surface area contributed by atoms with Crippen LogP contribution in [0.15, 0.2) is 16.5 Å². The zero-order valence-electron chi connectivity index (χ0n) is 12.9. The number of nitrogens with one attached hydrogen (secondary N) is 1. The summed E-state index contributed by atoms with van der Waals surface area (Å²) in [4.78, 5) is 14.2.